The van der Waals surface area contributed by atoms with Crippen LogP contribution in [0.15, 0.2) is 66.9 Å². The number of benzene rings is 2. The lowest BCUT2D eigenvalue weighted by molar-refractivity contribution is -0.122. The van der Waals surface area contributed by atoms with Crippen molar-refractivity contribution >= 4 is 29.7 Å². The van der Waals surface area contributed by atoms with Gasteiger partial charge in [0.15, 0.2) is 6.23 Å². The zero-order valence-corrected chi connectivity index (χ0v) is 20.4. The Labute approximate surface area is 222 Å². The van der Waals surface area contributed by atoms with E-state index in [1.165, 1.54) is 24.4 Å². The molecule has 13 heteroatoms. The first-order chi connectivity index (χ1) is 18.7. The minimum absolute atomic E-state index is 0.213. The number of aliphatic hydroxyl groups is 2. The second-order valence-electron chi connectivity index (χ2n) is 9.11. The maximum atomic E-state index is 12.7. The van der Waals surface area contributed by atoms with Crippen LogP contribution in [0, 0.1) is 0 Å². The average molecular weight is 536 g/mol. The Kier molecular flexibility index (Phi) is 7.11. The minimum Gasteiger partial charge on any atom is -0.387 e. The number of nitrogens with zero attached hydrogens (tertiary/aromatic N) is 2. The summed E-state index contributed by atoms with van der Waals surface area (Å²) < 4.78 is 5.66. The van der Waals surface area contributed by atoms with Gasteiger partial charge in [0.05, 0.1) is 11.1 Å². The molecule has 1 saturated heterocycles. The lowest BCUT2D eigenvalue weighted by Crippen LogP contribution is -2.57. The molecule has 2 unspecified atom stereocenters. The second kappa shape index (κ2) is 10.6. The summed E-state index contributed by atoms with van der Waals surface area (Å²) in [6.45, 7) is -0.792. The molecule has 202 valence electrons. The third-order valence-corrected chi connectivity index (χ3v) is 6.57. The van der Waals surface area contributed by atoms with Crippen LogP contribution < -0.4 is 16.0 Å². The molecule has 1 fully saturated rings. The number of rotatable bonds is 7. The van der Waals surface area contributed by atoms with Gasteiger partial charge in [0, 0.05) is 18.3 Å². The topological polar surface area (TPSA) is 178 Å². The van der Waals surface area contributed by atoms with Crippen LogP contribution >= 0.6 is 0 Å². The summed E-state index contributed by atoms with van der Waals surface area (Å²) >= 11 is 0. The third-order valence-electron chi connectivity index (χ3n) is 6.57. The van der Waals surface area contributed by atoms with Gasteiger partial charge in [-0.25, -0.2) is 4.79 Å². The highest BCUT2D eigenvalue weighted by Crippen LogP contribution is 2.26. The van der Waals surface area contributed by atoms with E-state index in [-0.39, 0.29) is 17.7 Å². The van der Waals surface area contributed by atoms with E-state index < -0.39 is 66.9 Å². The molecule has 0 bridgehead atoms. The third kappa shape index (κ3) is 5.10. The Morgan fingerprint density at radius 2 is 1.56 bits per heavy atom. The zero-order valence-electron chi connectivity index (χ0n) is 20.4. The van der Waals surface area contributed by atoms with Crippen molar-refractivity contribution in [2.24, 2.45) is 0 Å². The summed E-state index contributed by atoms with van der Waals surface area (Å²) in [6, 6.07) is 14.0. The second-order valence-corrected chi connectivity index (χ2v) is 9.11. The number of amides is 6. The van der Waals surface area contributed by atoms with Crippen LogP contribution in [0.25, 0.3) is 0 Å². The van der Waals surface area contributed by atoms with Crippen LogP contribution in [0.1, 0.15) is 31.1 Å². The van der Waals surface area contributed by atoms with E-state index >= 15 is 0 Å². The SMILES string of the molecule is O=C(CN1C(=O)c2ccccc2C1=O)NC[C@H]1O[C@@H](N2C=CC(NC(=O)c3ccccc3)NC2=O)[C@@H](O)C1O. The molecule has 5 rings (SSSR count). The molecule has 3 aliphatic heterocycles. The lowest BCUT2D eigenvalue weighted by Gasteiger charge is -2.32. The molecule has 6 amide bonds. The van der Waals surface area contributed by atoms with Crippen molar-refractivity contribution in [3.05, 3.63) is 83.6 Å². The maximum absolute atomic E-state index is 12.7. The van der Waals surface area contributed by atoms with Gasteiger partial charge in [-0.05, 0) is 30.3 Å². The Bertz CT molecular complexity index is 1310. The first kappa shape index (κ1) is 26.0. The van der Waals surface area contributed by atoms with Crippen molar-refractivity contribution in [3.63, 3.8) is 0 Å². The number of carbonyl (C=O) groups is 5. The van der Waals surface area contributed by atoms with E-state index in [2.05, 4.69) is 16.0 Å². The van der Waals surface area contributed by atoms with Crippen LogP contribution in [-0.4, -0.2) is 93.5 Å². The van der Waals surface area contributed by atoms with Gasteiger partial charge in [-0.15, -0.1) is 0 Å². The Morgan fingerprint density at radius 3 is 2.21 bits per heavy atom. The number of fused-ring (bicyclic) bond motifs is 1. The monoisotopic (exact) mass is 535 g/mol. The van der Waals surface area contributed by atoms with E-state index in [0.717, 1.165) is 9.80 Å². The minimum atomic E-state index is -1.51. The first-order valence-corrected chi connectivity index (χ1v) is 12.1. The molecule has 5 atom stereocenters. The first-order valence-electron chi connectivity index (χ1n) is 12.1. The lowest BCUT2D eigenvalue weighted by atomic mass is 10.1. The van der Waals surface area contributed by atoms with E-state index in [1.807, 2.05) is 0 Å². The fraction of sp³-hybridized carbons (Fsp3) is 0.269. The molecule has 0 aliphatic carbocycles. The number of hydrogen-bond acceptors (Lipinski definition) is 8. The van der Waals surface area contributed by atoms with E-state index in [4.69, 9.17) is 4.74 Å². The maximum Gasteiger partial charge on any atom is 0.325 e. The van der Waals surface area contributed by atoms with Crippen molar-refractivity contribution in [1.29, 1.82) is 0 Å². The number of hydrogen-bond donors (Lipinski definition) is 5. The molecule has 0 aromatic heterocycles. The van der Waals surface area contributed by atoms with Gasteiger partial charge in [-0.3, -0.25) is 29.0 Å². The fourth-order valence-corrected chi connectivity index (χ4v) is 4.53. The Balaban J connectivity index is 1.14. The molecule has 0 saturated carbocycles. The standard InChI is InChI=1S/C26H25N5O8/c32-19(13-31-23(36)15-8-4-5-9-16(15)24(31)37)27-12-17-20(33)21(34)25(39-17)30-11-10-18(29-26(30)38)28-22(35)14-6-2-1-3-7-14/h1-11,17-18,20-21,25,33-34H,12-13H2,(H,27,32)(H,28,35)(H,29,38)/t17-,18?,20?,21+,25-/m1/s1. The van der Waals surface area contributed by atoms with Crippen LogP contribution in [0.5, 0.6) is 0 Å². The molecule has 39 heavy (non-hydrogen) atoms. The highest BCUT2D eigenvalue weighted by molar-refractivity contribution is 6.22. The summed E-state index contributed by atoms with van der Waals surface area (Å²) in [6.07, 6.45) is -3.35. The van der Waals surface area contributed by atoms with Crippen LogP contribution in [0.3, 0.4) is 0 Å². The fourth-order valence-electron chi connectivity index (χ4n) is 4.53. The molecule has 5 N–H and O–H groups in total. The van der Waals surface area contributed by atoms with Crippen molar-refractivity contribution in [2.45, 2.75) is 30.7 Å². The van der Waals surface area contributed by atoms with Gasteiger partial charge in [0.1, 0.15) is 31.0 Å². The highest BCUT2D eigenvalue weighted by Gasteiger charge is 2.47. The Morgan fingerprint density at radius 1 is 0.923 bits per heavy atom. The number of aliphatic hydroxyl groups excluding tert-OH is 2. The highest BCUT2D eigenvalue weighted by atomic mass is 16.6. The largest absolute Gasteiger partial charge is 0.387 e. The van der Waals surface area contributed by atoms with Gasteiger partial charge < -0.3 is 30.9 Å². The summed E-state index contributed by atoms with van der Waals surface area (Å²) in [7, 11) is 0. The van der Waals surface area contributed by atoms with Crippen molar-refractivity contribution in [3.8, 4) is 0 Å². The van der Waals surface area contributed by atoms with Crippen LogP contribution in [0.4, 0.5) is 4.79 Å². The number of imide groups is 1. The summed E-state index contributed by atoms with van der Waals surface area (Å²) in [5, 5.41) is 28.7. The molecule has 3 aliphatic rings. The number of carbonyl (C=O) groups excluding carboxylic acids is 5. The summed E-state index contributed by atoms with van der Waals surface area (Å²) in [5.74, 6) is -2.24. The van der Waals surface area contributed by atoms with Gasteiger partial charge >= 0.3 is 6.03 Å². The van der Waals surface area contributed by atoms with Gasteiger partial charge in [-0.2, -0.15) is 0 Å². The van der Waals surface area contributed by atoms with Crippen molar-refractivity contribution in [1.82, 2.24) is 25.8 Å². The predicted molar refractivity (Wildman–Crippen MR) is 133 cm³/mol. The smallest absolute Gasteiger partial charge is 0.325 e. The predicted octanol–water partition coefficient (Wildman–Crippen LogP) is -0.859. The van der Waals surface area contributed by atoms with E-state index in [9.17, 15) is 34.2 Å². The normalized spacial score (nSPS) is 25.9. The quantitative estimate of drug-likeness (QED) is 0.284. The van der Waals surface area contributed by atoms with Crippen molar-refractivity contribution < 1.29 is 38.9 Å². The Hall–Kier alpha value is -4.59. The molecule has 0 radical (unpaired) electrons. The molecule has 13 nitrogen and oxygen atoms in total. The molecular weight excluding hydrogens is 510 g/mol. The molecule has 3 heterocycles. The van der Waals surface area contributed by atoms with Crippen LogP contribution in [-0.2, 0) is 9.53 Å². The number of urea groups is 1. The molecule has 2 aromatic rings. The summed E-state index contributed by atoms with van der Waals surface area (Å²) in [4.78, 5) is 64.3. The van der Waals surface area contributed by atoms with Gasteiger partial charge in [0.25, 0.3) is 17.7 Å². The summed E-state index contributed by atoms with van der Waals surface area (Å²) in [5.41, 5.74) is 0.837. The zero-order chi connectivity index (χ0) is 27.7. The van der Waals surface area contributed by atoms with Gasteiger partial charge in [-0.1, -0.05) is 30.3 Å². The molecule has 2 aromatic carbocycles. The van der Waals surface area contributed by atoms with E-state index in [0.29, 0.717) is 5.56 Å². The van der Waals surface area contributed by atoms with E-state index in [1.54, 1.807) is 42.5 Å². The van der Waals surface area contributed by atoms with Gasteiger partial charge in [0.2, 0.25) is 5.91 Å². The molecule has 0 spiro atoms. The average Bonchev–Trinajstić information content (AvgIpc) is 3.35. The van der Waals surface area contributed by atoms with Crippen molar-refractivity contribution in [2.75, 3.05) is 13.1 Å². The number of nitrogens with one attached hydrogen (secondary N) is 3. The number of ether oxygens (including phenoxy) is 1. The van der Waals surface area contributed by atoms with Crippen LogP contribution in [0.2, 0.25) is 0 Å². The molecular formula is C26H25N5O8.